The number of nitrogens with zero attached hydrogens (tertiary/aromatic N) is 1. The number of rotatable bonds is 4. The Kier molecular flexibility index (Phi) is 4.61. The molecule has 0 atom stereocenters. The van der Waals surface area contributed by atoms with Gasteiger partial charge in [0.2, 0.25) is 0 Å². The summed E-state index contributed by atoms with van der Waals surface area (Å²) in [4.78, 5) is 13.7. The smallest absolute Gasteiger partial charge is 0.260 e. The zero-order valence-corrected chi connectivity index (χ0v) is 12.1. The topological polar surface area (TPSA) is 72.9 Å². The van der Waals surface area contributed by atoms with Crippen LogP contribution in [0.2, 0.25) is 0 Å². The number of benzene rings is 1. The van der Waals surface area contributed by atoms with E-state index in [-0.39, 0.29) is 17.4 Å². The Morgan fingerprint density at radius 1 is 1.35 bits per heavy atom. The van der Waals surface area contributed by atoms with Gasteiger partial charge in [0.25, 0.3) is 5.91 Å². The van der Waals surface area contributed by atoms with Crippen molar-refractivity contribution in [3.63, 3.8) is 0 Å². The molecule has 1 amide bonds. The number of carbonyl (C=O) groups excluding carboxylic acids is 1. The molecule has 0 aliphatic carbocycles. The molecular formula is C13H17NO5S. The quantitative estimate of drug-likeness (QED) is 0.801. The van der Waals surface area contributed by atoms with Crippen LogP contribution in [-0.2, 0) is 19.4 Å². The summed E-state index contributed by atoms with van der Waals surface area (Å²) >= 11 is 0. The van der Waals surface area contributed by atoms with Crippen LogP contribution in [0.15, 0.2) is 29.2 Å². The van der Waals surface area contributed by atoms with Crippen LogP contribution in [0.4, 0.5) is 0 Å². The van der Waals surface area contributed by atoms with E-state index in [1.807, 2.05) is 0 Å². The van der Waals surface area contributed by atoms with Crippen molar-refractivity contribution in [3.05, 3.63) is 24.3 Å². The van der Waals surface area contributed by atoms with Crippen molar-refractivity contribution in [1.82, 2.24) is 4.90 Å². The number of hydrogen-bond donors (Lipinski definition) is 0. The summed E-state index contributed by atoms with van der Waals surface area (Å²) in [6.45, 7) is 2.09. The highest BCUT2D eigenvalue weighted by atomic mass is 32.2. The minimum atomic E-state index is -3.28. The molecule has 0 N–H and O–H groups in total. The molecule has 20 heavy (non-hydrogen) atoms. The first-order valence-corrected chi connectivity index (χ1v) is 8.14. The molecule has 1 aromatic rings. The number of morpholine rings is 1. The molecule has 0 radical (unpaired) electrons. The molecule has 110 valence electrons. The normalized spacial score (nSPS) is 15.9. The molecule has 1 heterocycles. The van der Waals surface area contributed by atoms with Gasteiger partial charge in [-0.3, -0.25) is 4.79 Å². The largest absolute Gasteiger partial charge is 0.484 e. The van der Waals surface area contributed by atoms with Crippen molar-refractivity contribution in [3.8, 4) is 5.75 Å². The van der Waals surface area contributed by atoms with Crippen molar-refractivity contribution < 1.29 is 22.7 Å². The second kappa shape index (κ2) is 6.23. The fourth-order valence-corrected chi connectivity index (χ4v) is 2.50. The SMILES string of the molecule is CS(=O)(=O)c1cccc(OCC(=O)N2CCOCC2)c1. The van der Waals surface area contributed by atoms with Gasteiger partial charge < -0.3 is 14.4 Å². The zero-order chi connectivity index (χ0) is 14.6. The highest BCUT2D eigenvalue weighted by molar-refractivity contribution is 7.90. The molecule has 1 fully saturated rings. The fourth-order valence-electron chi connectivity index (χ4n) is 1.84. The molecule has 0 aromatic heterocycles. The number of sulfone groups is 1. The molecule has 0 spiro atoms. The second-order valence-electron chi connectivity index (χ2n) is 4.53. The monoisotopic (exact) mass is 299 g/mol. The second-order valence-corrected chi connectivity index (χ2v) is 6.54. The van der Waals surface area contributed by atoms with E-state index < -0.39 is 9.84 Å². The zero-order valence-electron chi connectivity index (χ0n) is 11.2. The molecule has 0 bridgehead atoms. The maximum absolute atomic E-state index is 11.9. The number of hydrogen-bond acceptors (Lipinski definition) is 5. The standard InChI is InChI=1S/C13H17NO5S/c1-20(16,17)12-4-2-3-11(9-12)19-10-13(15)14-5-7-18-8-6-14/h2-4,9H,5-8,10H2,1H3. The van der Waals surface area contributed by atoms with Crippen molar-refractivity contribution in [2.45, 2.75) is 4.90 Å². The average molecular weight is 299 g/mol. The van der Waals surface area contributed by atoms with Crippen LogP contribution in [0, 0.1) is 0 Å². The number of amides is 1. The van der Waals surface area contributed by atoms with Crippen LogP contribution < -0.4 is 4.74 Å². The highest BCUT2D eigenvalue weighted by Gasteiger charge is 2.17. The summed E-state index contributed by atoms with van der Waals surface area (Å²) in [6, 6.07) is 6.13. The lowest BCUT2D eigenvalue weighted by atomic mass is 10.3. The molecule has 1 aliphatic rings. The van der Waals surface area contributed by atoms with Crippen LogP contribution in [0.1, 0.15) is 0 Å². The van der Waals surface area contributed by atoms with E-state index in [9.17, 15) is 13.2 Å². The molecule has 1 saturated heterocycles. The maximum atomic E-state index is 11.9. The molecule has 1 aliphatic heterocycles. The third-order valence-corrected chi connectivity index (χ3v) is 4.07. The van der Waals surface area contributed by atoms with E-state index in [0.29, 0.717) is 32.1 Å². The Morgan fingerprint density at radius 2 is 2.05 bits per heavy atom. The van der Waals surface area contributed by atoms with Gasteiger partial charge in [0.15, 0.2) is 16.4 Å². The summed E-state index contributed by atoms with van der Waals surface area (Å²) in [5, 5.41) is 0. The highest BCUT2D eigenvalue weighted by Crippen LogP contribution is 2.17. The van der Waals surface area contributed by atoms with E-state index in [1.54, 1.807) is 17.0 Å². The van der Waals surface area contributed by atoms with E-state index >= 15 is 0 Å². The van der Waals surface area contributed by atoms with E-state index in [4.69, 9.17) is 9.47 Å². The first kappa shape index (κ1) is 14.8. The Bertz CT molecular complexity index is 578. The maximum Gasteiger partial charge on any atom is 0.260 e. The van der Waals surface area contributed by atoms with Gasteiger partial charge in [0.1, 0.15) is 5.75 Å². The van der Waals surface area contributed by atoms with Crippen molar-refractivity contribution in [2.75, 3.05) is 39.2 Å². The van der Waals surface area contributed by atoms with Gasteiger partial charge in [-0.15, -0.1) is 0 Å². The molecule has 2 rings (SSSR count). The molecule has 1 aromatic carbocycles. The summed E-state index contributed by atoms with van der Waals surface area (Å²) in [7, 11) is -3.28. The van der Waals surface area contributed by atoms with Crippen molar-refractivity contribution in [2.24, 2.45) is 0 Å². The van der Waals surface area contributed by atoms with Gasteiger partial charge in [0.05, 0.1) is 18.1 Å². The lowest BCUT2D eigenvalue weighted by Crippen LogP contribution is -2.42. The molecule has 0 saturated carbocycles. The van der Waals surface area contributed by atoms with Crippen LogP contribution in [0.3, 0.4) is 0 Å². The third kappa shape index (κ3) is 3.94. The molecule has 0 unspecified atom stereocenters. The Balaban J connectivity index is 1.95. The number of ether oxygens (including phenoxy) is 2. The van der Waals surface area contributed by atoms with Crippen LogP contribution >= 0.6 is 0 Å². The molecular weight excluding hydrogens is 282 g/mol. The predicted molar refractivity (Wildman–Crippen MR) is 72.4 cm³/mol. The van der Waals surface area contributed by atoms with Gasteiger partial charge in [-0.1, -0.05) is 6.07 Å². The van der Waals surface area contributed by atoms with E-state index in [0.717, 1.165) is 6.26 Å². The van der Waals surface area contributed by atoms with Crippen molar-refractivity contribution >= 4 is 15.7 Å². The third-order valence-electron chi connectivity index (χ3n) is 2.96. The van der Waals surface area contributed by atoms with Crippen LogP contribution in [-0.4, -0.2) is 58.4 Å². The molecule has 7 heteroatoms. The van der Waals surface area contributed by atoms with E-state index in [2.05, 4.69) is 0 Å². The van der Waals surface area contributed by atoms with Gasteiger partial charge in [-0.25, -0.2) is 8.42 Å². The Hall–Kier alpha value is -1.60. The van der Waals surface area contributed by atoms with E-state index in [1.165, 1.54) is 12.1 Å². The van der Waals surface area contributed by atoms with Crippen LogP contribution in [0.25, 0.3) is 0 Å². The minimum absolute atomic E-state index is 0.104. The average Bonchev–Trinajstić information content (AvgIpc) is 2.45. The lowest BCUT2D eigenvalue weighted by Gasteiger charge is -2.26. The van der Waals surface area contributed by atoms with Gasteiger partial charge in [-0.2, -0.15) is 0 Å². The first-order valence-electron chi connectivity index (χ1n) is 6.25. The minimum Gasteiger partial charge on any atom is -0.484 e. The summed E-state index contributed by atoms with van der Waals surface area (Å²) < 4.78 is 33.4. The van der Waals surface area contributed by atoms with Gasteiger partial charge in [-0.05, 0) is 18.2 Å². The Morgan fingerprint density at radius 3 is 2.70 bits per heavy atom. The van der Waals surface area contributed by atoms with Crippen molar-refractivity contribution in [1.29, 1.82) is 0 Å². The lowest BCUT2D eigenvalue weighted by molar-refractivity contribution is -0.137. The molecule has 6 nitrogen and oxygen atoms in total. The van der Waals surface area contributed by atoms with Gasteiger partial charge >= 0.3 is 0 Å². The Labute approximate surface area is 118 Å². The number of carbonyl (C=O) groups is 1. The fraction of sp³-hybridized carbons (Fsp3) is 0.462. The summed E-state index contributed by atoms with van der Waals surface area (Å²) in [5.41, 5.74) is 0. The summed E-state index contributed by atoms with van der Waals surface area (Å²) in [6.07, 6.45) is 1.13. The van der Waals surface area contributed by atoms with Crippen LogP contribution in [0.5, 0.6) is 5.75 Å². The predicted octanol–water partition coefficient (Wildman–Crippen LogP) is 0.328. The summed E-state index contributed by atoms with van der Waals surface area (Å²) in [5.74, 6) is 0.243. The first-order chi connectivity index (χ1) is 9.47. The van der Waals surface area contributed by atoms with Gasteiger partial charge in [0, 0.05) is 19.3 Å².